The van der Waals surface area contributed by atoms with Gasteiger partial charge in [-0.2, -0.15) is 5.10 Å². The van der Waals surface area contributed by atoms with Crippen LogP contribution in [0.3, 0.4) is 0 Å². The van der Waals surface area contributed by atoms with Gasteiger partial charge in [0.25, 0.3) is 0 Å². The molecule has 102 valence electrons. The molecule has 1 atom stereocenters. The molecule has 7 heteroatoms. The Morgan fingerprint density at radius 1 is 1.47 bits per heavy atom. The number of nitrogens with one attached hydrogen (secondary N) is 2. The topological polar surface area (TPSA) is 70.8 Å². The monoisotopic (exact) mass is 283 g/mol. The van der Waals surface area contributed by atoms with Gasteiger partial charge in [-0.15, -0.1) is 11.8 Å². The van der Waals surface area contributed by atoms with E-state index < -0.39 is 0 Å². The molecule has 2 rings (SSSR count). The number of nitrogens with zero attached hydrogens (tertiary/aromatic N) is 1. The molecule has 0 amide bonds. The Morgan fingerprint density at radius 3 is 2.89 bits per heavy atom. The van der Waals surface area contributed by atoms with Crippen molar-refractivity contribution in [2.45, 2.75) is 24.5 Å². The fraction of sp³-hybridized carbons (Fsp3) is 0.333. The molecule has 2 N–H and O–H groups in total. The first-order valence-electron chi connectivity index (χ1n) is 5.85. The summed E-state index contributed by atoms with van der Waals surface area (Å²) in [6, 6.07) is 6.29. The number of benzene rings is 1. The van der Waals surface area contributed by atoms with Gasteiger partial charge < -0.3 is 4.74 Å². The zero-order chi connectivity index (χ0) is 13.7. The van der Waals surface area contributed by atoms with Crippen molar-refractivity contribution in [2.75, 3.05) is 0 Å². The first-order valence-corrected chi connectivity index (χ1v) is 6.90. The van der Waals surface area contributed by atoms with Crippen LogP contribution in [0.4, 0.5) is 4.39 Å². The molecular weight excluding hydrogens is 269 g/mol. The summed E-state index contributed by atoms with van der Waals surface area (Å²) >= 11 is 1.45. The zero-order valence-corrected chi connectivity index (χ0v) is 11.2. The molecule has 1 unspecified atom stereocenters. The van der Waals surface area contributed by atoms with E-state index in [-0.39, 0.29) is 22.7 Å². The molecule has 1 aromatic heterocycles. The highest BCUT2D eigenvalue weighted by molar-refractivity contribution is 7.99. The van der Waals surface area contributed by atoms with E-state index in [1.54, 1.807) is 18.2 Å². The summed E-state index contributed by atoms with van der Waals surface area (Å²) in [7, 11) is 0. The molecule has 0 saturated carbocycles. The van der Waals surface area contributed by atoms with Gasteiger partial charge >= 0.3 is 5.69 Å². The number of rotatable bonds is 6. The summed E-state index contributed by atoms with van der Waals surface area (Å²) in [5.74, 6) is 0.892. The number of thioether (sulfide) groups is 1. The Kier molecular flexibility index (Phi) is 4.62. The Bertz CT molecular complexity index is 584. The molecule has 0 saturated heterocycles. The van der Waals surface area contributed by atoms with Crippen molar-refractivity contribution in [1.82, 2.24) is 15.2 Å². The van der Waals surface area contributed by atoms with E-state index in [1.165, 1.54) is 17.8 Å². The summed E-state index contributed by atoms with van der Waals surface area (Å²) in [6.45, 7) is 1.95. The van der Waals surface area contributed by atoms with Gasteiger partial charge in [-0.05, 0) is 18.6 Å². The van der Waals surface area contributed by atoms with Crippen LogP contribution in [0.25, 0.3) is 0 Å². The van der Waals surface area contributed by atoms with E-state index >= 15 is 0 Å². The number of halogens is 1. The van der Waals surface area contributed by atoms with Crippen molar-refractivity contribution in [3.05, 3.63) is 46.4 Å². The maximum absolute atomic E-state index is 13.5. The Labute approximate surface area is 113 Å². The van der Waals surface area contributed by atoms with Gasteiger partial charge in [-0.1, -0.05) is 19.1 Å². The van der Waals surface area contributed by atoms with Crippen LogP contribution < -0.4 is 10.4 Å². The second kappa shape index (κ2) is 6.42. The summed E-state index contributed by atoms with van der Waals surface area (Å²) in [5.41, 5.74) is -0.532. The maximum atomic E-state index is 13.5. The summed E-state index contributed by atoms with van der Waals surface area (Å²) in [4.78, 5) is 13.4. The molecule has 0 radical (unpaired) electrons. The lowest BCUT2D eigenvalue weighted by molar-refractivity contribution is 0.270. The smallest absolute Gasteiger partial charge is 0.340 e. The maximum Gasteiger partial charge on any atom is 0.340 e. The average molecular weight is 283 g/mol. The van der Waals surface area contributed by atoms with E-state index in [0.717, 1.165) is 0 Å². The van der Waals surface area contributed by atoms with Crippen molar-refractivity contribution >= 4 is 11.8 Å². The molecule has 0 aliphatic heterocycles. The van der Waals surface area contributed by atoms with E-state index in [0.29, 0.717) is 18.0 Å². The van der Waals surface area contributed by atoms with Crippen molar-refractivity contribution < 1.29 is 9.13 Å². The summed E-state index contributed by atoms with van der Waals surface area (Å²) in [6.07, 6.45) is 0.716. The summed E-state index contributed by atoms with van der Waals surface area (Å²) in [5, 5.41) is 6.10. The quantitative estimate of drug-likeness (QED) is 0.798. The Morgan fingerprint density at radius 2 is 2.26 bits per heavy atom. The molecule has 0 spiro atoms. The normalized spacial score (nSPS) is 12.3. The fourth-order valence-corrected chi connectivity index (χ4v) is 2.35. The lowest BCUT2D eigenvalue weighted by Gasteiger charge is -2.16. The van der Waals surface area contributed by atoms with Crippen LogP contribution in [0.5, 0.6) is 5.75 Å². The molecule has 0 aliphatic rings. The fourth-order valence-electron chi connectivity index (χ4n) is 1.46. The minimum Gasteiger partial charge on any atom is -0.477 e. The zero-order valence-electron chi connectivity index (χ0n) is 10.4. The largest absolute Gasteiger partial charge is 0.477 e. The molecule has 0 aliphatic carbocycles. The predicted molar refractivity (Wildman–Crippen MR) is 71.6 cm³/mol. The van der Waals surface area contributed by atoms with Crippen molar-refractivity contribution in [3.8, 4) is 5.75 Å². The number of hydrogen-bond donors (Lipinski definition) is 2. The van der Waals surface area contributed by atoms with E-state index in [1.807, 2.05) is 6.92 Å². The second-order valence-electron chi connectivity index (χ2n) is 3.82. The number of aromatic nitrogens is 3. The van der Waals surface area contributed by atoms with Crippen LogP contribution in [0.15, 0.2) is 29.1 Å². The average Bonchev–Trinajstić information content (AvgIpc) is 2.82. The third-order valence-electron chi connectivity index (χ3n) is 2.38. The summed E-state index contributed by atoms with van der Waals surface area (Å²) < 4.78 is 19.0. The van der Waals surface area contributed by atoms with Crippen LogP contribution in [-0.4, -0.2) is 20.6 Å². The van der Waals surface area contributed by atoms with Crippen LogP contribution >= 0.6 is 11.8 Å². The van der Waals surface area contributed by atoms with E-state index in [2.05, 4.69) is 15.2 Å². The van der Waals surface area contributed by atoms with Crippen LogP contribution in [0, 0.1) is 5.82 Å². The molecule has 1 heterocycles. The van der Waals surface area contributed by atoms with Crippen LogP contribution in [0.1, 0.15) is 19.2 Å². The highest BCUT2D eigenvalue weighted by atomic mass is 32.2. The predicted octanol–water partition coefficient (Wildman–Crippen LogP) is 2.29. The molecule has 2 aromatic rings. The number of hydrogen-bond acceptors (Lipinski definition) is 4. The van der Waals surface area contributed by atoms with Gasteiger partial charge in [0.2, 0.25) is 0 Å². The number of ether oxygens (including phenoxy) is 1. The number of para-hydroxylation sites is 1. The van der Waals surface area contributed by atoms with Gasteiger partial charge in [-0.25, -0.2) is 14.3 Å². The Hall–Kier alpha value is -1.76. The lowest BCUT2D eigenvalue weighted by atomic mass is 10.3. The first-order chi connectivity index (χ1) is 9.19. The third-order valence-corrected chi connectivity index (χ3v) is 3.63. The van der Waals surface area contributed by atoms with E-state index in [4.69, 9.17) is 4.74 Å². The van der Waals surface area contributed by atoms with Crippen molar-refractivity contribution in [1.29, 1.82) is 0 Å². The standard InChI is InChI=1S/C12H14FN3O2S/c1-2-11(18-9-6-4-3-5-8(9)13)19-7-10-14-12(17)16-15-10/h3-6,11H,2,7H2,1H3,(H2,14,15,16,17). The SMILES string of the molecule is CCC(Oc1ccccc1F)SCc1n[nH]c(=O)[nH]1. The molecule has 0 bridgehead atoms. The van der Waals surface area contributed by atoms with Crippen molar-refractivity contribution in [2.24, 2.45) is 0 Å². The van der Waals surface area contributed by atoms with E-state index in [9.17, 15) is 9.18 Å². The molecule has 19 heavy (non-hydrogen) atoms. The molecule has 5 nitrogen and oxygen atoms in total. The molecule has 0 fully saturated rings. The Balaban J connectivity index is 1.93. The second-order valence-corrected chi connectivity index (χ2v) is 4.97. The van der Waals surface area contributed by atoms with Crippen LogP contribution in [0.2, 0.25) is 0 Å². The molecular formula is C12H14FN3O2S. The highest BCUT2D eigenvalue weighted by Crippen LogP contribution is 2.24. The van der Waals surface area contributed by atoms with Gasteiger partial charge in [0.1, 0.15) is 11.3 Å². The minimum atomic E-state index is -0.380. The van der Waals surface area contributed by atoms with Gasteiger partial charge in [0.15, 0.2) is 11.6 Å². The number of H-pyrrole nitrogens is 2. The van der Waals surface area contributed by atoms with Gasteiger partial charge in [0, 0.05) is 0 Å². The van der Waals surface area contributed by atoms with Crippen molar-refractivity contribution in [3.63, 3.8) is 0 Å². The first kappa shape index (κ1) is 13.7. The minimum absolute atomic E-state index is 0.197. The van der Waals surface area contributed by atoms with Gasteiger partial charge in [-0.3, -0.25) is 4.98 Å². The highest BCUT2D eigenvalue weighted by Gasteiger charge is 2.12. The van der Waals surface area contributed by atoms with Gasteiger partial charge in [0.05, 0.1) is 5.75 Å². The van der Waals surface area contributed by atoms with Crippen LogP contribution in [-0.2, 0) is 5.75 Å². The third kappa shape index (κ3) is 3.85. The molecule has 1 aromatic carbocycles. The lowest BCUT2D eigenvalue weighted by Crippen LogP contribution is -2.12. The number of aromatic amines is 2.